The fourth-order valence-corrected chi connectivity index (χ4v) is 1.97. The third kappa shape index (κ3) is 2.71. The zero-order valence-corrected chi connectivity index (χ0v) is 10.5. The van der Waals surface area contributed by atoms with Crippen LogP contribution in [0.4, 0.5) is 4.39 Å². The largest absolute Gasteiger partial charge is 0.305 e. The molecular formula is C14H16FN3. The van der Waals surface area contributed by atoms with Gasteiger partial charge >= 0.3 is 0 Å². The van der Waals surface area contributed by atoms with Crippen molar-refractivity contribution >= 4 is 0 Å². The van der Waals surface area contributed by atoms with Crippen molar-refractivity contribution in [3.8, 4) is 0 Å². The number of nitrogens with one attached hydrogen (secondary N) is 1. The summed E-state index contributed by atoms with van der Waals surface area (Å²) in [5.74, 6) is -0.229. The molecule has 3 nitrogen and oxygen atoms in total. The Morgan fingerprint density at radius 2 is 2.17 bits per heavy atom. The molecule has 1 atom stereocenters. The third-order valence-electron chi connectivity index (χ3n) is 2.86. The molecule has 0 aliphatic rings. The molecule has 0 bridgehead atoms. The van der Waals surface area contributed by atoms with Gasteiger partial charge in [0.2, 0.25) is 0 Å². The molecule has 0 spiro atoms. The van der Waals surface area contributed by atoms with Gasteiger partial charge in [0.25, 0.3) is 0 Å². The lowest BCUT2D eigenvalue weighted by Gasteiger charge is -2.19. The standard InChI is InChI=1S/C14H16FN3/c1-3-17-14(13-6-7-16-9-18-13)12-8-11(15)5-4-10(12)2/h4-9,14,17H,3H2,1-2H3. The summed E-state index contributed by atoms with van der Waals surface area (Å²) in [7, 11) is 0. The van der Waals surface area contributed by atoms with E-state index in [2.05, 4.69) is 15.3 Å². The fraction of sp³-hybridized carbons (Fsp3) is 0.286. The average molecular weight is 245 g/mol. The molecule has 0 aliphatic carbocycles. The number of hydrogen-bond acceptors (Lipinski definition) is 3. The third-order valence-corrected chi connectivity index (χ3v) is 2.86. The summed E-state index contributed by atoms with van der Waals surface area (Å²) in [5.41, 5.74) is 2.80. The van der Waals surface area contributed by atoms with E-state index in [9.17, 15) is 4.39 Å². The molecule has 0 saturated carbocycles. The van der Waals surface area contributed by atoms with Crippen molar-refractivity contribution < 1.29 is 4.39 Å². The van der Waals surface area contributed by atoms with Gasteiger partial charge in [-0.05, 0) is 42.8 Å². The van der Waals surface area contributed by atoms with Crippen LogP contribution in [0.2, 0.25) is 0 Å². The van der Waals surface area contributed by atoms with Crippen molar-refractivity contribution in [2.24, 2.45) is 0 Å². The van der Waals surface area contributed by atoms with E-state index >= 15 is 0 Å². The van der Waals surface area contributed by atoms with E-state index in [4.69, 9.17) is 0 Å². The Bertz CT molecular complexity index is 514. The van der Waals surface area contributed by atoms with Crippen LogP contribution in [0, 0.1) is 12.7 Å². The van der Waals surface area contributed by atoms with Crippen LogP contribution < -0.4 is 5.32 Å². The number of hydrogen-bond donors (Lipinski definition) is 1. The van der Waals surface area contributed by atoms with Gasteiger partial charge in [0, 0.05) is 6.20 Å². The number of benzene rings is 1. The predicted octanol–water partition coefficient (Wildman–Crippen LogP) is 2.62. The van der Waals surface area contributed by atoms with Crippen molar-refractivity contribution in [2.75, 3.05) is 6.54 Å². The minimum Gasteiger partial charge on any atom is -0.305 e. The first-order valence-corrected chi connectivity index (χ1v) is 5.97. The quantitative estimate of drug-likeness (QED) is 0.899. The maximum Gasteiger partial charge on any atom is 0.123 e. The lowest BCUT2D eigenvalue weighted by molar-refractivity contribution is 0.591. The minimum absolute atomic E-state index is 0.103. The summed E-state index contributed by atoms with van der Waals surface area (Å²) < 4.78 is 13.4. The van der Waals surface area contributed by atoms with Crippen LogP contribution in [-0.2, 0) is 0 Å². The van der Waals surface area contributed by atoms with Gasteiger partial charge in [0.15, 0.2) is 0 Å². The number of aromatic nitrogens is 2. The second-order valence-corrected chi connectivity index (χ2v) is 4.13. The van der Waals surface area contributed by atoms with Crippen LogP contribution in [0.25, 0.3) is 0 Å². The molecule has 4 heteroatoms. The molecule has 18 heavy (non-hydrogen) atoms. The van der Waals surface area contributed by atoms with Crippen LogP contribution in [-0.4, -0.2) is 16.5 Å². The van der Waals surface area contributed by atoms with Gasteiger partial charge in [-0.15, -0.1) is 0 Å². The topological polar surface area (TPSA) is 37.8 Å². The first-order valence-electron chi connectivity index (χ1n) is 5.97. The normalized spacial score (nSPS) is 12.4. The van der Waals surface area contributed by atoms with Crippen molar-refractivity contribution in [2.45, 2.75) is 19.9 Å². The Kier molecular flexibility index (Phi) is 3.99. The summed E-state index contributed by atoms with van der Waals surface area (Å²) in [4.78, 5) is 8.16. The maximum atomic E-state index is 13.4. The number of nitrogens with zero attached hydrogens (tertiary/aromatic N) is 2. The molecule has 1 heterocycles. The molecule has 1 aromatic carbocycles. The SMILES string of the molecule is CCNC(c1ccncn1)c1cc(F)ccc1C. The molecule has 0 fully saturated rings. The zero-order valence-electron chi connectivity index (χ0n) is 10.5. The van der Waals surface area contributed by atoms with E-state index in [1.54, 1.807) is 18.3 Å². The Labute approximate surface area is 106 Å². The molecule has 0 radical (unpaired) electrons. The molecule has 1 aromatic heterocycles. The lowest BCUT2D eigenvalue weighted by atomic mass is 9.98. The first kappa shape index (κ1) is 12.6. The van der Waals surface area contributed by atoms with Crippen molar-refractivity contribution in [1.29, 1.82) is 0 Å². The molecule has 2 rings (SSSR count). The molecule has 2 aromatic rings. The first-order chi connectivity index (χ1) is 8.72. The van der Waals surface area contributed by atoms with Gasteiger partial charge in [-0.2, -0.15) is 0 Å². The number of halogens is 1. The van der Waals surface area contributed by atoms with Crippen LogP contribution in [0.3, 0.4) is 0 Å². The van der Waals surface area contributed by atoms with Gasteiger partial charge in [0.1, 0.15) is 12.1 Å². The van der Waals surface area contributed by atoms with Crippen molar-refractivity contribution in [3.05, 3.63) is 59.4 Å². The second-order valence-electron chi connectivity index (χ2n) is 4.13. The van der Waals surface area contributed by atoms with Gasteiger partial charge in [-0.25, -0.2) is 14.4 Å². The summed E-state index contributed by atoms with van der Waals surface area (Å²) >= 11 is 0. The monoisotopic (exact) mass is 245 g/mol. The molecule has 0 amide bonds. The molecule has 0 aliphatic heterocycles. The molecule has 1 unspecified atom stereocenters. The summed E-state index contributed by atoms with van der Waals surface area (Å²) in [6.45, 7) is 4.77. The second kappa shape index (κ2) is 5.69. The summed E-state index contributed by atoms with van der Waals surface area (Å²) in [6, 6.07) is 6.56. The minimum atomic E-state index is -0.229. The highest BCUT2D eigenvalue weighted by molar-refractivity contribution is 5.34. The van der Waals surface area contributed by atoms with E-state index in [0.717, 1.165) is 23.4 Å². The highest BCUT2D eigenvalue weighted by Gasteiger charge is 2.16. The summed E-state index contributed by atoms with van der Waals surface area (Å²) in [5, 5.41) is 3.33. The maximum absolute atomic E-state index is 13.4. The predicted molar refractivity (Wildman–Crippen MR) is 68.7 cm³/mol. The van der Waals surface area contributed by atoms with E-state index in [1.807, 2.05) is 19.9 Å². The van der Waals surface area contributed by atoms with Crippen LogP contribution in [0.5, 0.6) is 0 Å². The number of aryl methyl sites for hydroxylation is 1. The van der Waals surface area contributed by atoms with Gasteiger partial charge in [-0.1, -0.05) is 13.0 Å². The molecular weight excluding hydrogens is 229 g/mol. The molecule has 1 N–H and O–H groups in total. The Balaban J connectivity index is 2.44. The van der Waals surface area contributed by atoms with Crippen LogP contribution in [0.1, 0.15) is 29.8 Å². The molecule has 94 valence electrons. The van der Waals surface area contributed by atoms with E-state index < -0.39 is 0 Å². The highest BCUT2D eigenvalue weighted by atomic mass is 19.1. The van der Waals surface area contributed by atoms with Gasteiger partial charge in [-0.3, -0.25) is 0 Å². The van der Waals surface area contributed by atoms with Crippen molar-refractivity contribution in [1.82, 2.24) is 15.3 Å². The van der Waals surface area contributed by atoms with Crippen LogP contribution in [0.15, 0.2) is 36.8 Å². The average Bonchev–Trinajstić information content (AvgIpc) is 2.40. The molecule has 0 saturated heterocycles. The van der Waals surface area contributed by atoms with Gasteiger partial charge in [0.05, 0.1) is 11.7 Å². The highest BCUT2D eigenvalue weighted by Crippen LogP contribution is 2.23. The Hall–Kier alpha value is -1.81. The lowest BCUT2D eigenvalue weighted by Crippen LogP contribution is -2.23. The van der Waals surface area contributed by atoms with E-state index in [0.29, 0.717) is 0 Å². The van der Waals surface area contributed by atoms with Crippen LogP contribution >= 0.6 is 0 Å². The Morgan fingerprint density at radius 3 is 2.83 bits per heavy atom. The van der Waals surface area contributed by atoms with Crippen molar-refractivity contribution in [3.63, 3.8) is 0 Å². The smallest absolute Gasteiger partial charge is 0.123 e. The van der Waals surface area contributed by atoms with E-state index in [-0.39, 0.29) is 11.9 Å². The number of rotatable bonds is 4. The summed E-state index contributed by atoms with van der Waals surface area (Å²) in [6.07, 6.45) is 3.20. The zero-order chi connectivity index (χ0) is 13.0. The van der Waals surface area contributed by atoms with Gasteiger partial charge < -0.3 is 5.32 Å². The fourth-order valence-electron chi connectivity index (χ4n) is 1.97. The van der Waals surface area contributed by atoms with E-state index in [1.165, 1.54) is 12.4 Å². The Morgan fingerprint density at radius 1 is 1.33 bits per heavy atom.